The van der Waals surface area contributed by atoms with Crippen molar-refractivity contribution in [3.05, 3.63) is 65.1 Å². The number of fused-ring (bicyclic) bond motifs is 3. The van der Waals surface area contributed by atoms with E-state index in [0.717, 1.165) is 31.3 Å². The van der Waals surface area contributed by atoms with E-state index in [1.54, 1.807) is 6.92 Å². The van der Waals surface area contributed by atoms with Gasteiger partial charge in [0.15, 0.2) is 15.5 Å². The number of ether oxygens (including phenoxy) is 2. The molecule has 0 atom stereocenters. The van der Waals surface area contributed by atoms with Gasteiger partial charge in [-0.2, -0.15) is 5.10 Å². The molecule has 2 aliphatic heterocycles. The Morgan fingerprint density at radius 2 is 1.88 bits per heavy atom. The lowest BCUT2D eigenvalue weighted by Gasteiger charge is -2.26. The van der Waals surface area contributed by atoms with Gasteiger partial charge in [0.05, 0.1) is 41.9 Å². The van der Waals surface area contributed by atoms with Gasteiger partial charge in [-0.25, -0.2) is 22.3 Å². The first-order valence-corrected chi connectivity index (χ1v) is 12.7. The Morgan fingerprint density at radius 3 is 2.59 bits per heavy atom. The van der Waals surface area contributed by atoms with Gasteiger partial charge < -0.3 is 9.47 Å². The number of halogens is 1. The van der Waals surface area contributed by atoms with Crippen LogP contribution in [0.15, 0.2) is 47.4 Å². The number of rotatable bonds is 5. The van der Waals surface area contributed by atoms with Crippen LogP contribution in [-0.2, 0) is 31.6 Å². The van der Waals surface area contributed by atoms with Gasteiger partial charge in [-0.15, -0.1) is 0 Å². The molecule has 3 heterocycles. The van der Waals surface area contributed by atoms with Crippen molar-refractivity contribution >= 4 is 15.8 Å². The van der Waals surface area contributed by atoms with E-state index in [4.69, 9.17) is 9.47 Å². The Hall–Kier alpha value is -3.08. The molecule has 0 N–H and O–H groups in total. The third kappa shape index (κ3) is 4.13. The van der Waals surface area contributed by atoms with E-state index in [1.165, 1.54) is 16.8 Å². The molecule has 1 saturated heterocycles. The number of carbonyl (C=O) groups is 1. The van der Waals surface area contributed by atoms with Crippen LogP contribution in [0.3, 0.4) is 0 Å². The maximum absolute atomic E-state index is 14.2. The van der Waals surface area contributed by atoms with Crippen molar-refractivity contribution in [1.82, 2.24) is 14.7 Å². The van der Waals surface area contributed by atoms with Crippen molar-refractivity contribution in [1.29, 1.82) is 0 Å². The number of morpholine rings is 1. The minimum atomic E-state index is -3.78. The monoisotopic (exact) mass is 485 g/mol. The lowest BCUT2D eigenvalue weighted by molar-refractivity contribution is 0.0342. The standard InChI is InChI=1S/C24H24FN3O5S/c1-2-33-24(29)22-20-15-34(30,31)21-8-5-17(25)13-19(21)23(20)28(26-22)18-6-3-16(4-7-18)14-27-9-11-32-12-10-27/h3-8,13H,2,9-12,14-15H2,1H3. The maximum Gasteiger partial charge on any atom is 0.359 e. The molecule has 2 aliphatic rings. The molecular weight excluding hydrogens is 461 g/mol. The minimum Gasteiger partial charge on any atom is -0.461 e. The summed E-state index contributed by atoms with van der Waals surface area (Å²) in [6, 6.07) is 11.2. The predicted molar refractivity (Wildman–Crippen MR) is 122 cm³/mol. The summed E-state index contributed by atoms with van der Waals surface area (Å²) in [7, 11) is -3.78. The second-order valence-electron chi connectivity index (χ2n) is 8.26. The number of carbonyl (C=O) groups excluding carboxylic acids is 1. The molecule has 0 aliphatic carbocycles. The molecule has 0 radical (unpaired) electrons. The predicted octanol–water partition coefficient (Wildman–Crippen LogP) is 2.97. The van der Waals surface area contributed by atoms with E-state index >= 15 is 0 Å². The van der Waals surface area contributed by atoms with Crippen LogP contribution in [0.4, 0.5) is 4.39 Å². The van der Waals surface area contributed by atoms with E-state index in [2.05, 4.69) is 10.00 Å². The Kier molecular flexibility index (Phi) is 5.97. The molecule has 178 valence electrons. The van der Waals surface area contributed by atoms with E-state index < -0.39 is 27.4 Å². The third-order valence-corrected chi connectivity index (χ3v) is 7.70. The maximum atomic E-state index is 14.2. The first kappa shape index (κ1) is 22.7. The zero-order valence-electron chi connectivity index (χ0n) is 18.7. The summed E-state index contributed by atoms with van der Waals surface area (Å²) < 4.78 is 52.1. The quantitative estimate of drug-likeness (QED) is 0.405. The van der Waals surface area contributed by atoms with Gasteiger partial charge in [-0.3, -0.25) is 4.90 Å². The molecule has 10 heteroatoms. The molecular formula is C24H24FN3O5S. The molecule has 0 spiro atoms. The highest BCUT2D eigenvalue weighted by molar-refractivity contribution is 7.90. The molecule has 1 aromatic heterocycles. The average Bonchev–Trinajstić information content (AvgIpc) is 3.19. The summed E-state index contributed by atoms with van der Waals surface area (Å²) >= 11 is 0. The largest absolute Gasteiger partial charge is 0.461 e. The highest BCUT2D eigenvalue weighted by atomic mass is 32.2. The summed E-state index contributed by atoms with van der Waals surface area (Å²) in [6.07, 6.45) is 0. The number of aromatic nitrogens is 2. The third-order valence-electron chi connectivity index (χ3n) is 6.01. The Balaban J connectivity index is 1.60. The second kappa shape index (κ2) is 8.94. The first-order chi connectivity index (χ1) is 16.4. The van der Waals surface area contributed by atoms with E-state index in [1.807, 2.05) is 24.3 Å². The van der Waals surface area contributed by atoms with Crippen LogP contribution in [-0.4, -0.2) is 62.0 Å². The van der Waals surface area contributed by atoms with Crippen molar-refractivity contribution in [2.24, 2.45) is 0 Å². The van der Waals surface area contributed by atoms with Gasteiger partial charge in [0, 0.05) is 30.8 Å². The summed E-state index contributed by atoms with van der Waals surface area (Å²) in [5, 5.41) is 4.45. The zero-order valence-corrected chi connectivity index (χ0v) is 19.5. The van der Waals surface area contributed by atoms with Crippen molar-refractivity contribution in [3.63, 3.8) is 0 Å². The summed E-state index contributed by atoms with van der Waals surface area (Å²) in [5.41, 5.74) is 2.44. The molecule has 0 amide bonds. The fraction of sp³-hybridized carbons (Fsp3) is 0.333. The first-order valence-electron chi connectivity index (χ1n) is 11.1. The van der Waals surface area contributed by atoms with Crippen LogP contribution >= 0.6 is 0 Å². The lowest BCUT2D eigenvalue weighted by Crippen LogP contribution is -2.35. The SMILES string of the molecule is CCOC(=O)c1nn(-c2ccc(CN3CCOCC3)cc2)c2c1CS(=O)(=O)c1ccc(F)cc1-2. The summed E-state index contributed by atoms with van der Waals surface area (Å²) in [6.45, 7) is 5.73. The fourth-order valence-electron chi connectivity index (χ4n) is 4.40. The Bertz CT molecular complexity index is 1350. The molecule has 5 rings (SSSR count). The number of nitrogens with zero attached hydrogens (tertiary/aromatic N) is 3. The fourth-order valence-corrected chi connectivity index (χ4v) is 5.98. The van der Waals surface area contributed by atoms with Crippen molar-refractivity contribution < 1.29 is 27.1 Å². The van der Waals surface area contributed by atoms with Crippen LogP contribution < -0.4 is 0 Å². The molecule has 34 heavy (non-hydrogen) atoms. The van der Waals surface area contributed by atoms with Gasteiger partial charge in [-0.05, 0) is 42.8 Å². The van der Waals surface area contributed by atoms with Gasteiger partial charge in [0.25, 0.3) is 0 Å². The Morgan fingerprint density at radius 1 is 1.15 bits per heavy atom. The van der Waals surface area contributed by atoms with Crippen LogP contribution in [0.2, 0.25) is 0 Å². The van der Waals surface area contributed by atoms with E-state index in [9.17, 15) is 17.6 Å². The Labute approximate surface area is 196 Å². The van der Waals surface area contributed by atoms with Gasteiger partial charge in [0.2, 0.25) is 0 Å². The van der Waals surface area contributed by atoms with Crippen molar-refractivity contribution in [2.75, 3.05) is 32.9 Å². The minimum absolute atomic E-state index is 0.0156. The van der Waals surface area contributed by atoms with Crippen LogP contribution in [0, 0.1) is 5.82 Å². The lowest BCUT2D eigenvalue weighted by atomic mass is 10.0. The number of benzene rings is 2. The normalized spacial score (nSPS) is 17.1. The molecule has 8 nitrogen and oxygen atoms in total. The highest BCUT2D eigenvalue weighted by Crippen LogP contribution is 2.41. The van der Waals surface area contributed by atoms with Crippen LogP contribution in [0.1, 0.15) is 28.5 Å². The molecule has 0 bridgehead atoms. The number of hydrogen-bond donors (Lipinski definition) is 0. The summed E-state index contributed by atoms with van der Waals surface area (Å²) in [4.78, 5) is 15.0. The second-order valence-corrected chi connectivity index (χ2v) is 10.2. The smallest absolute Gasteiger partial charge is 0.359 e. The average molecular weight is 486 g/mol. The zero-order chi connectivity index (χ0) is 23.9. The molecule has 0 unspecified atom stereocenters. The molecule has 1 fully saturated rings. The number of esters is 1. The highest BCUT2D eigenvalue weighted by Gasteiger charge is 2.36. The topological polar surface area (TPSA) is 90.7 Å². The number of hydrogen-bond acceptors (Lipinski definition) is 7. The molecule has 3 aromatic rings. The van der Waals surface area contributed by atoms with Crippen LogP contribution in [0.25, 0.3) is 16.9 Å². The van der Waals surface area contributed by atoms with Gasteiger partial charge in [-0.1, -0.05) is 12.1 Å². The van der Waals surface area contributed by atoms with E-state index in [0.29, 0.717) is 24.6 Å². The molecule has 0 saturated carbocycles. The van der Waals surface area contributed by atoms with E-state index in [-0.39, 0.29) is 28.3 Å². The van der Waals surface area contributed by atoms with Gasteiger partial charge >= 0.3 is 5.97 Å². The van der Waals surface area contributed by atoms with Crippen molar-refractivity contribution in [3.8, 4) is 16.9 Å². The van der Waals surface area contributed by atoms with Gasteiger partial charge in [0.1, 0.15) is 5.82 Å². The number of sulfone groups is 1. The molecule has 2 aromatic carbocycles. The summed E-state index contributed by atoms with van der Waals surface area (Å²) in [5.74, 6) is -1.70. The van der Waals surface area contributed by atoms with Crippen LogP contribution in [0.5, 0.6) is 0 Å². The van der Waals surface area contributed by atoms with Crippen molar-refractivity contribution in [2.45, 2.75) is 24.1 Å².